The first kappa shape index (κ1) is 31.4. The Bertz CT molecular complexity index is 1640. The number of nitrogens with zero attached hydrogens (tertiary/aromatic N) is 4. The molecule has 0 saturated carbocycles. The van der Waals surface area contributed by atoms with Gasteiger partial charge in [0.1, 0.15) is 29.9 Å². The van der Waals surface area contributed by atoms with E-state index < -0.39 is 14.6 Å². The Balaban J connectivity index is 1.17. The van der Waals surface area contributed by atoms with Crippen molar-refractivity contribution >= 4 is 42.4 Å². The second kappa shape index (κ2) is 13.8. The van der Waals surface area contributed by atoms with E-state index in [0.717, 1.165) is 17.2 Å². The smallest absolute Gasteiger partial charge is 0.323 e. The molecule has 2 aromatic heterocycles. The quantitative estimate of drug-likeness (QED) is 0.171. The number of fused-ring (bicyclic) bond motifs is 2. The van der Waals surface area contributed by atoms with Crippen molar-refractivity contribution in [1.29, 1.82) is 0 Å². The van der Waals surface area contributed by atoms with E-state index in [0.29, 0.717) is 54.7 Å². The highest BCUT2D eigenvalue weighted by atomic mass is 31.2. The Morgan fingerprint density at radius 1 is 1.16 bits per heavy atom. The van der Waals surface area contributed by atoms with E-state index in [1.165, 1.54) is 7.11 Å². The molecule has 0 radical (unpaired) electrons. The minimum absolute atomic E-state index is 0.0952. The average Bonchev–Trinajstić information content (AvgIpc) is 3.57. The van der Waals surface area contributed by atoms with Crippen LogP contribution < -0.4 is 20.1 Å². The number of imidazole rings is 1. The van der Waals surface area contributed by atoms with Gasteiger partial charge in [-0.3, -0.25) is 9.36 Å². The number of nitrogens with one attached hydrogen (secondary N) is 1. The number of esters is 1. The zero-order valence-electron chi connectivity index (χ0n) is 25.8. The molecular weight excluding hydrogens is 599 g/mol. The standard InChI is InChI=1S/C31H39N6O7P/c1-18-16-23(42-29(18)37-20(3)33-26-27(37)34-31(32)35-28(26)39-4)17-41-45(36-19(2)30(38)43-22-12-14-40-15-13-22)44-25-11-7-9-21-8-5-6-10-24(21)25/h5-11,18-19,22-23,29,36H,12-17H2,1-4H3,(H2,32,34,35). The Labute approximate surface area is 262 Å². The second-order valence-electron chi connectivity index (χ2n) is 11.4. The maximum absolute atomic E-state index is 13.0. The van der Waals surface area contributed by atoms with Crippen molar-refractivity contribution in [3.8, 4) is 11.6 Å². The number of aryl methyl sites for hydroxylation is 1. The normalized spacial score (nSPS) is 22.0. The van der Waals surface area contributed by atoms with Gasteiger partial charge in [-0.2, -0.15) is 9.97 Å². The van der Waals surface area contributed by atoms with Crippen LogP contribution in [0.5, 0.6) is 11.6 Å². The molecule has 2 fully saturated rings. The number of aromatic nitrogens is 4. The van der Waals surface area contributed by atoms with Crippen molar-refractivity contribution in [2.24, 2.45) is 5.92 Å². The van der Waals surface area contributed by atoms with Crippen molar-refractivity contribution < 1.29 is 32.8 Å². The summed E-state index contributed by atoms with van der Waals surface area (Å²) in [5, 5.41) is 5.23. The third-order valence-electron chi connectivity index (χ3n) is 8.01. The molecule has 4 heterocycles. The monoisotopic (exact) mass is 638 g/mol. The highest BCUT2D eigenvalue weighted by Crippen LogP contribution is 2.42. The lowest BCUT2D eigenvalue weighted by atomic mass is 10.1. The van der Waals surface area contributed by atoms with E-state index in [1.54, 1.807) is 6.92 Å². The first-order valence-electron chi connectivity index (χ1n) is 15.2. The van der Waals surface area contributed by atoms with E-state index in [1.807, 2.05) is 54.0 Å². The first-order chi connectivity index (χ1) is 21.8. The number of carbonyl (C=O) groups is 1. The number of ether oxygens (including phenoxy) is 4. The summed E-state index contributed by atoms with van der Waals surface area (Å²) < 4.78 is 37.8. The summed E-state index contributed by atoms with van der Waals surface area (Å²) in [6.45, 7) is 7.16. The summed E-state index contributed by atoms with van der Waals surface area (Å²) in [6.07, 6.45) is 1.33. The Morgan fingerprint density at radius 2 is 1.93 bits per heavy atom. The third-order valence-corrected chi connectivity index (χ3v) is 9.36. The molecule has 0 aliphatic carbocycles. The highest BCUT2D eigenvalue weighted by molar-refractivity contribution is 7.45. The number of hydrogen-bond donors (Lipinski definition) is 2. The lowest BCUT2D eigenvalue weighted by molar-refractivity contribution is -0.154. The highest BCUT2D eigenvalue weighted by Gasteiger charge is 2.37. The van der Waals surface area contributed by atoms with Gasteiger partial charge in [0.15, 0.2) is 11.2 Å². The van der Waals surface area contributed by atoms with Crippen molar-refractivity contribution in [3.05, 3.63) is 48.3 Å². The Kier molecular flexibility index (Phi) is 9.62. The van der Waals surface area contributed by atoms with Crippen molar-refractivity contribution in [2.75, 3.05) is 32.7 Å². The second-order valence-corrected chi connectivity index (χ2v) is 12.6. The zero-order chi connectivity index (χ0) is 31.5. The van der Waals surface area contributed by atoms with Gasteiger partial charge in [0.25, 0.3) is 0 Å². The lowest BCUT2D eigenvalue weighted by Gasteiger charge is -2.26. The van der Waals surface area contributed by atoms with Gasteiger partial charge in [0, 0.05) is 24.1 Å². The summed E-state index contributed by atoms with van der Waals surface area (Å²) in [6, 6.07) is 13.2. The molecule has 14 heteroatoms. The number of methoxy groups -OCH3 is 1. The molecule has 0 amide bonds. The molecule has 6 rings (SSSR count). The van der Waals surface area contributed by atoms with Crippen molar-refractivity contribution in [2.45, 2.75) is 64.5 Å². The van der Waals surface area contributed by atoms with Gasteiger partial charge in [0.2, 0.25) is 11.8 Å². The number of nitrogens with two attached hydrogens (primary N) is 1. The van der Waals surface area contributed by atoms with Crippen LogP contribution in [-0.4, -0.2) is 70.7 Å². The van der Waals surface area contributed by atoms with Gasteiger partial charge in [-0.25, -0.2) is 10.1 Å². The molecule has 3 N–H and O–H groups in total. The third kappa shape index (κ3) is 6.97. The molecule has 5 unspecified atom stereocenters. The Hall–Kier alpha value is -3.61. The molecule has 0 spiro atoms. The molecule has 240 valence electrons. The van der Waals surface area contributed by atoms with E-state index in [2.05, 4.69) is 27.0 Å². The number of rotatable bonds is 11. The zero-order valence-corrected chi connectivity index (χ0v) is 26.7. The topological polar surface area (TPSA) is 154 Å². The van der Waals surface area contributed by atoms with E-state index in [-0.39, 0.29) is 42.9 Å². The maximum atomic E-state index is 13.0. The van der Waals surface area contributed by atoms with Crippen LogP contribution in [0.1, 0.15) is 45.2 Å². The van der Waals surface area contributed by atoms with Crippen LogP contribution in [0.3, 0.4) is 0 Å². The summed E-state index contributed by atoms with van der Waals surface area (Å²) in [5.74, 6) is 1.53. The summed E-state index contributed by atoms with van der Waals surface area (Å²) >= 11 is 0. The lowest BCUT2D eigenvalue weighted by Crippen LogP contribution is -2.37. The number of benzene rings is 2. The molecule has 2 aliphatic heterocycles. The molecule has 4 aromatic rings. The minimum atomic E-state index is -1.77. The molecule has 0 bridgehead atoms. The number of carbonyl (C=O) groups excluding carboxylic acids is 1. The van der Waals surface area contributed by atoms with Crippen LogP contribution in [0.25, 0.3) is 21.9 Å². The van der Waals surface area contributed by atoms with Crippen LogP contribution in [0.4, 0.5) is 5.95 Å². The van der Waals surface area contributed by atoms with Crippen LogP contribution in [0, 0.1) is 12.8 Å². The van der Waals surface area contributed by atoms with Crippen LogP contribution in [0.2, 0.25) is 0 Å². The van der Waals surface area contributed by atoms with Gasteiger partial charge in [-0.15, -0.1) is 0 Å². The summed E-state index contributed by atoms with van der Waals surface area (Å²) in [7, 11) is -0.245. The van der Waals surface area contributed by atoms with Crippen LogP contribution in [-0.2, 0) is 23.5 Å². The predicted molar refractivity (Wildman–Crippen MR) is 169 cm³/mol. The van der Waals surface area contributed by atoms with Gasteiger partial charge in [-0.05, 0) is 31.7 Å². The molecule has 13 nitrogen and oxygen atoms in total. The average molecular weight is 639 g/mol. The molecule has 45 heavy (non-hydrogen) atoms. The SMILES string of the molecule is COc1nc(N)nc2c1nc(C)n2C1OC(COP(NC(C)C(=O)OC2CCOCC2)Oc2cccc3ccccc23)CC1C. The van der Waals surface area contributed by atoms with E-state index in [4.69, 9.17) is 33.7 Å². The van der Waals surface area contributed by atoms with Gasteiger partial charge in [0.05, 0.1) is 33.0 Å². The fourth-order valence-electron chi connectivity index (χ4n) is 5.74. The fourth-order valence-corrected chi connectivity index (χ4v) is 6.98. The van der Waals surface area contributed by atoms with Crippen molar-refractivity contribution in [1.82, 2.24) is 24.6 Å². The number of hydrogen-bond acceptors (Lipinski definition) is 12. The molecule has 2 saturated heterocycles. The fraction of sp³-hybridized carbons (Fsp3) is 0.484. The maximum Gasteiger partial charge on any atom is 0.323 e. The number of nitrogen functional groups attached to an aromatic ring is 1. The minimum Gasteiger partial charge on any atom is -0.479 e. The van der Waals surface area contributed by atoms with Crippen LogP contribution >= 0.6 is 8.53 Å². The number of anilines is 1. The largest absolute Gasteiger partial charge is 0.479 e. The molecule has 2 aromatic carbocycles. The van der Waals surface area contributed by atoms with Gasteiger partial charge >= 0.3 is 14.5 Å². The molecular formula is C31H39N6O7P. The van der Waals surface area contributed by atoms with E-state index >= 15 is 0 Å². The predicted octanol–water partition coefficient (Wildman–Crippen LogP) is 4.83. The van der Waals surface area contributed by atoms with E-state index in [9.17, 15) is 4.79 Å². The molecule has 2 aliphatic rings. The Morgan fingerprint density at radius 3 is 2.73 bits per heavy atom. The summed E-state index contributed by atoms with van der Waals surface area (Å²) in [4.78, 5) is 26.2. The first-order valence-corrected chi connectivity index (χ1v) is 16.3. The van der Waals surface area contributed by atoms with Crippen LogP contribution in [0.15, 0.2) is 42.5 Å². The van der Waals surface area contributed by atoms with Gasteiger partial charge < -0.3 is 33.7 Å². The molecule has 5 atom stereocenters. The van der Waals surface area contributed by atoms with Crippen molar-refractivity contribution in [3.63, 3.8) is 0 Å². The summed E-state index contributed by atoms with van der Waals surface area (Å²) in [5.41, 5.74) is 7.05. The van der Waals surface area contributed by atoms with Gasteiger partial charge in [-0.1, -0.05) is 43.3 Å².